The molecule has 0 amide bonds. The fraction of sp³-hybridized carbons (Fsp3) is 0.308. The smallest absolute Gasteiger partial charge is 0.294 e. The zero-order chi connectivity index (χ0) is 27.8. The van der Waals surface area contributed by atoms with Crippen LogP contribution in [0.15, 0.2) is 79.4 Å². The molecule has 38 heavy (non-hydrogen) atoms. The first-order chi connectivity index (χ1) is 17.9. The van der Waals surface area contributed by atoms with Gasteiger partial charge in [-0.2, -0.15) is 16.8 Å². The van der Waals surface area contributed by atoms with E-state index in [1.807, 2.05) is 12.1 Å². The quantitative estimate of drug-likeness (QED) is 0.145. The number of ether oxygens (including phenoxy) is 2. The van der Waals surface area contributed by atoms with Gasteiger partial charge >= 0.3 is 0 Å². The molecule has 0 radical (unpaired) electrons. The Morgan fingerprint density at radius 1 is 0.579 bits per heavy atom. The highest BCUT2D eigenvalue weighted by Gasteiger charge is 2.11. The molecule has 206 valence electrons. The van der Waals surface area contributed by atoms with Gasteiger partial charge in [-0.3, -0.25) is 9.11 Å². The van der Waals surface area contributed by atoms with Gasteiger partial charge < -0.3 is 9.47 Å². The zero-order valence-corrected chi connectivity index (χ0v) is 25.2. The maximum Gasteiger partial charge on any atom is 0.294 e. The number of hydrogen-bond acceptors (Lipinski definition) is 6. The first kappa shape index (κ1) is 30.6. The van der Waals surface area contributed by atoms with Crippen LogP contribution >= 0.6 is 31.9 Å². The van der Waals surface area contributed by atoms with Gasteiger partial charge in [-0.15, -0.1) is 0 Å². The van der Waals surface area contributed by atoms with Crippen molar-refractivity contribution in [3.8, 4) is 11.5 Å². The maximum atomic E-state index is 11.1. The summed E-state index contributed by atoms with van der Waals surface area (Å²) in [6.45, 7) is 1.03. The maximum absolute atomic E-state index is 11.1. The van der Waals surface area contributed by atoms with Crippen molar-refractivity contribution in [2.75, 3.05) is 13.2 Å². The molecule has 0 atom stereocenters. The Morgan fingerprint density at radius 3 is 1.24 bits per heavy atom. The van der Waals surface area contributed by atoms with Gasteiger partial charge in [0.05, 0.1) is 32.0 Å². The average molecular weight is 692 g/mol. The first-order valence-electron chi connectivity index (χ1n) is 11.8. The Morgan fingerprint density at radius 2 is 0.921 bits per heavy atom. The molecule has 0 spiro atoms. The average Bonchev–Trinajstić information content (AvgIpc) is 2.85. The van der Waals surface area contributed by atoms with Gasteiger partial charge in [0.25, 0.3) is 20.2 Å². The van der Waals surface area contributed by atoms with Gasteiger partial charge in [-0.05, 0) is 118 Å². The summed E-state index contributed by atoms with van der Waals surface area (Å²) in [6, 6.07) is 16.1. The van der Waals surface area contributed by atoms with E-state index in [1.165, 1.54) is 24.3 Å². The van der Waals surface area contributed by atoms with E-state index < -0.39 is 20.2 Å². The van der Waals surface area contributed by atoms with Crippen molar-refractivity contribution in [1.82, 2.24) is 0 Å². The van der Waals surface area contributed by atoms with E-state index in [0.29, 0.717) is 24.7 Å². The predicted octanol–water partition coefficient (Wildman–Crippen LogP) is 6.51. The minimum atomic E-state index is -4.17. The van der Waals surface area contributed by atoms with Crippen molar-refractivity contribution in [2.45, 2.75) is 48.3 Å². The molecule has 3 aromatic rings. The van der Waals surface area contributed by atoms with E-state index in [9.17, 15) is 16.8 Å². The Labute approximate surface area is 240 Å². The molecule has 3 rings (SSSR count). The van der Waals surface area contributed by atoms with Crippen molar-refractivity contribution in [1.29, 1.82) is 0 Å². The van der Waals surface area contributed by atoms with E-state index in [1.54, 1.807) is 24.3 Å². The van der Waals surface area contributed by atoms with Crippen LogP contribution < -0.4 is 9.47 Å². The van der Waals surface area contributed by atoms with Crippen LogP contribution in [0.5, 0.6) is 11.5 Å². The molecule has 2 N–H and O–H groups in total. The van der Waals surface area contributed by atoms with E-state index in [2.05, 4.69) is 31.9 Å². The van der Waals surface area contributed by atoms with Crippen molar-refractivity contribution in [3.63, 3.8) is 0 Å². The summed E-state index contributed by atoms with van der Waals surface area (Å²) in [5.41, 5.74) is 1.97. The van der Waals surface area contributed by atoms with Crippen molar-refractivity contribution >= 4 is 52.1 Å². The van der Waals surface area contributed by atoms with Gasteiger partial charge in [0, 0.05) is 0 Å². The van der Waals surface area contributed by atoms with E-state index in [4.69, 9.17) is 18.6 Å². The molecule has 0 saturated heterocycles. The second-order valence-corrected chi connectivity index (χ2v) is 13.1. The van der Waals surface area contributed by atoms with Crippen LogP contribution in [0.1, 0.15) is 36.8 Å². The molecule has 0 aromatic heterocycles. The molecule has 12 heteroatoms. The fourth-order valence-electron chi connectivity index (χ4n) is 3.61. The van der Waals surface area contributed by atoms with Crippen LogP contribution in [0.4, 0.5) is 0 Å². The summed E-state index contributed by atoms with van der Waals surface area (Å²) in [5.74, 6) is 1.38. The third-order valence-electron chi connectivity index (χ3n) is 5.66. The highest BCUT2D eigenvalue weighted by Crippen LogP contribution is 2.36. The lowest BCUT2D eigenvalue weighted by atomic mass is 10.1. The van der Waals surface area contributed by atoms with Crippen molar-refractivity contribution in [3.05, 3.63) is 80.7 Å². The lowest BCUT2D eigenvalue weighted by Crippen LogP contribution is -2.02. The Bertz CT molecular complexity index is 1310. The highest BCUT2D eigenvalue weighted by atomic mass is 79.9. The standard InChI is InChI=1S/C26H28Br2O8S2/c27-23-18-26(36-16-4-2-6-20-9-13-22(14-10-20)38(32,33)34)24(28)17-25(23)35-15-3-1-5-19-7-11-21(12-8-19)37(29,30)31/h7-14,17-18H,1-6,15-16H2,(H,29,30,31)(H,32,33,34). The Balaban J connectivity index is 1.37. The summed E-state index contributed by atoms with van der Waals surface area (Å²) in [5, 5.41) is 0. The minimum absolute atomic E-state index is 0.112. The number of halogens is 2. The van der Waals surface area contributed by atoms with Crippen molar-refractivity contribution in [2.24, 2.45) is 0 Å². The van der Waals surface area contributed by atoms with Crippen LogP contribution in [0.25, 0.3) is 0 Å². The monoisotopic (exact) mass is 690 g/mol. The summed E-state index contributed by atoms with van der Waals surface area (Å²) >= 11 is 7.05. The summed E-state index contributed by atoms with van der Waals surface area (Å²) in [4.78, 5) is -0.224. The molecule has 8 nitrogen and oxygen atoms in total. The van der Waals surface area contributed by atoms with E-state index in [-0.39, 0.29) is 9.79 Å². The van der Waals surface area contributed by atoms with Gasteiger partial charge in [0.15, 0.2) is 0 Å². The fourth-order valence-corrected chi connectivity index (χ4v) is 5.45. The minimum Gasteiger partial charge on any atom is -0.492 e. The molecule has 0 saturated carbocycles. The molecule has 0 heterocycles. The number of unbranched alkanes of at least 4 members (excludes halogenated alkanes) is 2. The van der Waals surface area contributed by atoms with Gasteiger partial charge in [0.1, 0.15) is 11.5 Å². The van der Waals surface area contributed by atoms with Crippen LogP contribution in [0, 0.1) is 0 Å². The number of benzene rings is 3. The molecule has 0 fully saturated rings. The lowest BCUT2D eigenvalue weighted by Gasteiger charge is -2.13. The molecule has 3 aromatic carbocycles. The van der Waals surface area contributed by atoms with E-state index >= 15 is 0 Å². The third-order valence-corrected chi connectivity index (χ3v) is 8.64. The largest absolute Gasteiger partial charge is 0.492 e. The number of rotatable bonds is 14. The zero-order valence-electron chi connectivity index (χ0n) is 20.3. The molecular formula is C26H28Br2O8S2. The van der Waals surface area contributed by atoms with Crippen LogP contribution in [0.2, 0.25) is 0 Å². The van der Waals surface area contributed by atoms with Crippen LogP contribution in [0.3, 0.4) is 0 Å². The van der Waals surface area contributed by atoms with Crippen LogP contribution in [-0.2, 0) is 33.1 Å². The molecule has 0 bridgehead atoms. The van der Waals surface area contributed by atoms with Gasteiger partial charge in [0.2, 0.25) is 0 Å². The molecular weight excluding hydrogens is 664 g/mol. The highest BCUT2D eigenvalue weighted by molar-refractivity contribution is 9.11. The van der Waals surface area contributed by atoms with E-state index in [0.717, 1.165) is 58.6 Å². The van der Waals surface area contributed by atoms with Crippen LogP contribution in [-0.4, -0.2) is 39.2 Å². The molecule has 0 aliphatic carbocycles. The SMILES string of the molecule is O=S(=O)(O)c1ccc(CCCCOc2cc(Br)c(OCCCCc3ccc(S(=O)(=O)O)cc3)cc2Br)cc1. The van der Waals surface area contributed by atoms with Gasteiger partial charge in [-0.1, -0.05) is 24.3 Å². The molecule has 0 aliphatic rings. The Hall–Kier alpha value is -1.96. The second-order valence-electron chi connectivity index (χ2n) is 8.56. The number of hydrogen-bond donors (Lipinski definition) is 2. The van der Waals surface area contributed by atoms with Gasteiger partial charge in [-0.25, -0.2) is 0 Å². The molecule has 0 unspecified atom stereocenters. The topological polar surface area (TPSA) is 127 Å². The van der Waals surface area contributed by atoms with Crippen molar-refractivity contribution < 1.29 is 35.4 Å². The summed E-state index contributed by atoms with van der Waals surface area (Å²) < 4.78 is 75.9. The third kappa shape index (κ3) is 9.65. The molecule has 0 aliphatic heterocycles. The lowest BCUT2D eigenvalue weighted by molar-refractivity contribution is 0.295. The number of aryl methyl sites for hydroxylation is 2. The second kappa shape index (κ2) is 13.9. The first-order valence-corrected chi connectivity index (χ1v) is 16.3. The predicted molar refractivity (Wildman–Crippen MR) is 151 cm³/mol. The summed E-state index contributed by atoms with van der Waals surface area (Å²) in [7, 11) is -8.35. The summed E-state index contributed by atoms with van der Waals surface area (Å²) in [6.07, 6.45) is 4.86. The Kier molecular flexibility index (Phi) is 11.2. The normalized spacial score (nSPS) is 11.9.